The van der Waals surface area contributed by atoms with Crippen LogP contribution in [0.2, 0.25) is 0 Å². The Morgan fingerprint density at radius 1 is 1.04 bits per heavy atom. The fraction of sp³-hybridized carbons (Fsp3) is 0.824. The normalized spacial score (nSPS) is 22.7. The zero-order chi connectivity index (χ0) is 16.2. The highest BCUT2D eigenvalue weighted by atomic mass is 32.1. The molecule has 2 fully saturated rings. The number of aryl methyl sites for hydroxylation is 2. The van der Waals surface area contributed by atoms with E-state index in [1.54, 1.807) is 0 Å². The maximum Gasteiger partial charge on any atom is 0.107 e. The Labute approximate surface area is 143 Å². The van der Waals surface area contributed by atoms with Gasteiger partial charge in [-0.25, -0.2) is 4.98 Å². The lowest BCUT2D eigenvalue weighted by Gasteiger charge is -2.42. The number of likely N-dealkylation sites (tertiary alicyclic amines) is 1. The molecule has 0 radical (unpaired) electrons. The predicted molar refractivity (Wildman–Crippen MR) is 95.0 cm³/mol. The second kappa shape index (κ2) is 8.03. The first-order valence-electron chi connectivity index (χ1n) is 8.88. The van der Waals surface area contributed by atoms with Crippen molar-refractivity contribution in [1.82, 2.24) is 19.7 Å². The van der Waals surface area contributed by atoms with E-state index in [4.69, 9.17) is 5.11 Å². The average molecular weight is 339 g/mol. The lowest BCUT2D eigenvalue weighted by Crippen LogP contribution is -2.53. The maximum absolute atomic E-state index is 9.04. The highest BCUT2D eigenvalue weighted by molar-refractivity contribution is 7.11. The third kappa shape index (κ3) is 4.51. The monoisotopic (exact) mass is 338 g/mol. The molecule has 2 aliphatic rings. The highest BCUT2D eigenvalue weighted by Crippen LogP contribution is 2.22. The fourth-order valence-electron chi connectivity index (χ4n) is 3.73. The van der Waals surface area contributed by atoms with E-state index in [0.29, 0.717) is 0 Å². The topological polar surface area (TPSA) is 42.8 Å². The van der Waals surface area contributed by atoms with Gasteiger partial charge >= 0.3 is 0 Å². The van der Waals surface area contributed by atoms with E-state index < -0.39 is 0 Å². The number of thiazole rings is 1. The van der Waals surface area contributed by atoms with Gasteiger partial charge in [-0.2, -0.15) is 0 Å². The predicted octanol–water partition coefficient (Wildman–Crippen LogP) is 1.33. The molecule has 2 saturated heterocycles. The smallest absolute Gasteiger partial charge is 0.107 e. The Kier molecular flexibility index (Phi) is 6.04. The van der Waals surface area contributed by atoms with Gasteiger partial charge in [-0.15, -0.1) is 11.3 Å². The molecule has 1 aromatic heterocycles. The Morgan fingerprint density at radius 3 is 2.30 bits per heavy atom. The van der Waals surface area contributed by atoms with Gasteiger partial charge in [-0.05, 0) is 26.7 Å². The van der Waals surface area contributed by atoms with Crippen molar-refractivity contribution in [1.29, 1.82) is 0 Å². The summed E-state index contributed by atoms with van der Waals surface area (Å²) >= 11 is 1.85. The van der Waals surface area contributed by atoms with Crippen molar-refractivity contribution >= 4 is 11.3 Å². The van der Waals surface area contributed by atoms with E-state index in [1.165, 1.54) is 41.5 Å². The standard InChI is InChI=1S/C17H30N4OS/c1-14-15(2)23-17(18-14)13-20-5-3-16(4-6-20)21-9-7-19(8-10-21)11-12-22/h16,22H,3-13H2,1-2H3. The van der Waals surface area contributed by atoms with Crippen LogP contribution in [0.5, 0.6) is 0 Å². The van der Waals surface area contributed by atoms with Crippen molar-refractivity contribution in [2.24, 2.45) is 0 Å². The molecule has 130 valence electrons. The van der Waals surface area contributed by atoms with Crippen LogP contribution in [0.1, 0.15) is 28.4 Å². The molecule has 0 aromatic carbocycles. The van der Waals surface area contributed by atoms with Crippen molar-refractivity contribution in [3.8, 4) is 0 Å². The van der Waals surface area contributed by atoms with Gasteiger partial charge in [0.25, 0.3) is 0 Å². The van der Waals surface area contributed by atoms with Gasteiger partial charge < -0.3 is 5.11 Å². The van der Waals surface area contributed by atoms with Crippen molar-refractivity contribution in [2.45, 2.75) is 39.3 Å². The summed E-state index contributed by atoms with van der Waals surface area (Å²) in [6.45, 7) is 13.3. The molecule has 1 aromatic rings. The first kappa shape index (κ1) is 17.3. The summed E-state index contributed by atoms with van der Waals surface area (Å²) in [4.78, 5) is 13.6. The number of aliphatic hydroxyl groups excluding tert-OH is 1. The van der Waals surface area contributed by atoms with E-state index >= 15 is 0 Å². The Hall–Kier alpha value is -0.530. The van der Waals surface area contributed by atoms with Crippen molar-refractivity contribution in [3.63, 3.8) is 0 Å². The van der Waals surface area contributed by atoms with Crippen molar-refractivity contribution in [3.05, 3.63) is 15.6 Å². The fourth-order valence-corrected chi connectivity index (χ4v) is 4.71. The molecule has 1 N–H and O–H groups in total. The molecule has 0 aliphatic carbocycles. The zero-order valence-electron chi connectivity index (χ0n) is 14.5. The molecule has 0 saturated carbocycles. The van der Waals surface area contributed by atoms with Crippen LogP contribution in [-0.2, 0) is 6.54 Å². The summed E-state index contributed by atoms with van der Waals surface area (Å²) in [6, 6.07) is 0.752. The number of piperazine rings is 1. The van der Waals surface area contributed by atoms with Crippen LogP contribution < -0.4 is 0 Å². The number of aromatic nitrogens is 1. The van der Waals surface area contributed by atoms with Crippen LogP contribution >= 0.6 is 11.3 Å². The van der Waals surface area contributed by atoms with Gasteiger partial charge in [0.2, 0.25) is 0 Å². The quantitative estimate of drug-likeness (QED) is 0.877. The van der Waals surface area contributed by atoms with Crippen LogP contribution in [0.3, 0.4) is 0 Å². The van der Waals surface area contributed by atoms with Crippen molar-refractivity contribution in [2.75, 3.05) is 52.4 Å². The number of hydrogen-bond acceptors (Lipinski definition) is 6. The SMILES string of the molecule is Cc1nc(CN2CCC(N3CCN(CCO)CC3)CC2)sc1C. The maximum atomic E-state index is 9.04. The number of piperidine rings is 1. The molecule has 23 heavy (non-hydrogen) atoms. The second-order valence-electron chi connectivity index (χ2n) is 6.86. The molecule has 0 bridgehead atoms. The Bertz CT molecular complexity index is 471. The number of β-amino-alcohol motifs (C(OH)–C–C–N with tert-alkyl or cyclic N) is 1. The lowest BCUT2D eigenvalue weighted by atomic mass is 10.0. The summed E-state index contributed by atoms with van der Waals surface area (Å²) in [5, 5.41) is 10.3. The largest absolute Gasteiger partial charge is 0.395 e. The van der Waals surface area contributed by atoms with Gasteiger partial charge in [0, 0.05) is 56.7 Å². The molecule has 0 amide bonds. The van der Waals surface area contributed by atoms with Gasteiger partial charge in [0.1, 0.15) is 5.01 Å². The zero-order valence-corrected chi connectivity index (χ0v) is 15.3. The molecule has 2 aliphatic heterocycles. The van der Waals surface area contributed by atoms with Crippen LogP contribution in [-0.4, -0.2) is 83.3 Å². The summed E-state index contributed by atoms with van der Waals surface area (Å²) in [5.74, 6) is 0. The summed E-state index contributed by atoms with van der Waals surface area (Å²) in [5.41, 5.74) is 1.20. The van der Waals surface area contributed by atoms with E-state index in [1.807, 2.05) is 11.3 Å². The molecule has 3 heterocycles. The molecule has 5 nitrogen and oxygen atoms in total. The van der Waals surface area contributed by atoms with Gasteiger partial charge in [-0.1, -0.05) is 0 Å². The average Bonchev–Trinajstić information content (AvgIpc) is 2.87. The second-order valence-corrected chi connectivity index (χ2v) is 8.15. The van der Waals surface area contributed by atoms with E-state index in [9.17, 15) is 0 Å². The van der Waals surface area contributed by atoms with Crippen LogP contribution in [0.15, 0.2) is 0 Å². The van der Waals surface area contributed by atoms with E-state index in [0.717, 1.165) is 45.3 Å². The Morgan fingerprint density at radius 2 is 1.74 bits per heavy atom. The first-order chi connectivity index (χ1) is 11.2. The molecular weight excluding hydrogens is 308 g/mol. The third-order valence-corrected chi connectivity index (χ3v) is 6.39. The summed E-state index contributed by atoms with van der Waals surface area (Å²) in [7, 11) is 0. The minimum Gasteiger partial charge on any atom is -0.395 e. The van der Waals surface area contributed by atoms with Gasteiger partial charge in [0.05, 0.1) is 18.8 Å². The molecular formula is C17H30N4OS. The van der Waals surface area contributed by atoms with Gasteiger partial charge in [-0.3, -0.25) is 14.7 Å². The number of hydrogen-bond donors (Lipinski definition) is 1. The summed E-state index contributed by atoms with van der Waals surface area (Å²) < 4.78 is 0. The first-order valence-corrected chi connectivity index (χ1v) is 9.70. The van der Waals surface area contributed by atoms with Crippen LogP contribution in [0.25, 0.3) is 0 Å². The molecule has 0 unspecified atom stereocenters. The van der Waals surface area contributed by atoms with E-state index in [2.05, 4.69) is 33.5 Å². The molecule has 0 spiro atoms. The highest BCUT2D eigenvalue weighted by Gasteiger charge is 2.27. The number of aliphatic hydroxyl groups is 1. The minimum absolute atomic E-state index is 0.286. The van der Waals surface area contributed by atoms with E-state index in [-0.39, 0.29) is 6.61 Å². The van der Waals surface area contributed by atoms with Crippen LogP contribution in [0.4, 0.5) is 0 Å². The summed E-state index contributed by atoms with van der Waals surface area (Å²) in [6.07, 6.45) is 2.56. The Balaban J connectivity index is 1.42. The van der Waals surface area contributed by atoms with Crippen LogP contribution in [0, 0.1) is 13.8 Å². The molecule has 3 rings (SSSR count). The molecule has 0 atom stereocenters. The van der Waals surface area contributed by atoms with Crippen molar-refractivity contribution < 1.29 is 5.11 Å². The minimum atomic E-state index is 0.286. The third-order valence-electron chi connectivity index (χ3n) is 5.33. The number of nitrogens with zero attached hydrogens (tertiary/aromatic N) is 4. The number of rotatable bonds is 5. The van der Waals surface area contributed by atoms with Gasteiger partial charge in [0.15, 0.2) is 0 Å². The lowest BCUT2D eigenvalue weighted by molar-refractivity contribution is 0.0516. The molecule has 6 heteroatoms.